The number of rotatable bonds is 3. The van der Waals surface area contributed by atoms with Crippen LogP contribution in [0.3, 0.4) is 0 Å². The maximum absolute atomic E-state index is 14.6. The van der Waals surface area contributed by atoms with Crippen LogP contribution >= 0.6 is 0 Å². The summed E-state index contributed by atoms with van der Waals surface area (Å²) in [7, 11) is 0. The van der Waals surface area contributed by atoms with Gasteiger partial charge in [-0.05, 0) is 12.1 Å². The van der Waals surface area contributed by atoms with E-state index in [1.807, 2.05) is 0 Å². The second-order valence-corrected chi connectivity index (χ2v) is 5.60. The van der Waals surface area contributed by atoms with E-state index in [2.05, 4.69) is 20.2 Å². The van der Waals surface area contributed by atoms with E-state index in [0.29, 0.717) is 0 Å². The molecule has 6 nitrogen and oxygen atoms in total. The van der Waals surface area contributed by atoms with Crippen LogP contribution in [-0.4, -0.2) is 20.2 Å². The number of anilines is 1. The third-order valence-corrected chi connectivity index (χ3v) is 3.87. The fourth-order valence-corrected chi connectivity index (χ4v) is 2.59. The Kier molecular flexibility index (Phi) is 4.06. The Morgan fingerprint density at radius 1 is 0.893 bits per heavy atom. The van der Waals surface area contributed by atoms with Crippen LogP contribution in [0.25, 0.3) is 22.3 Å². The van der Waals surface area contributed by atoms with Crippen LogP contribution in [0, 0.1) is 29.1 Å². The highest BCUT2D eigenvalue weighted by atomic mass is 19.2. The van der Waals surface area contributed by atoms with Crippen molar-refractivity contribution in [3.63, 3.8) is 0 Å². The highest BCUT2D eigenvalue weighted by molar-refractivity contribution is 5.97. The molecule has 2 aromatic heterocycles. The third-order valence-electron chi connectivity index (χ3n) is 3.87. The molecular weight excluding hydrogens is 385 g/mol. The Hall–Kier alpha value is -3.76. The van der Waals surface area contributed by atoms with Crippen LogP contribution < -0.4 is 10.5 Å². The molecule has 28 heavy (non-hydrogen) atoms. The van der Waals surface area contributed by atoms with Crippen molar-refractivity contribution in [2.75, 3.05) is 5.73 Å². The van der Waals surface area contributed by atoms with Gasteiger partial charge in [0.05, 0.1) is 5.39 Å². The van der Waals surface area contributed by atoms with Crippen molar-refractivity contribution >= 4 is 16.9 Å². The first-order valence-corrected chi connectivity index (χ1v) is 7.62. The zero-order valence-electron chi connectivity index (χ0n) is 13.6. The summed E-state index contributed by atoms with van der Waals surface area (Å²) in [6, 6.07) is 3.15. The standard InChI is InChI=1S/C17H8F5N5O/c18-8-3-6(28-15-12(21)9(19)4-10(20)13(15)22)1-2-7(8)14-11-16(23)24-5-25-17(11)27-26-14/h1-5H,(H3,23,24,25,26,27). The van der Waals surface area contributed by atoms with Crippen LogP contribution in [0.15, 0.2) is 30.6 Å². The quantitative estimate of drug-likeness (QED) is 0.404. The summed E-state index contributed by atoms with van der Waals surface area (Å²) < 4.78 is 73.4. The van der Waals surface area contributed by atoms with Gasteiger partial charge in [0.1, 0.15) is 29.4 Å². The number of nitrogen functional groups attached to an aromatic ring is 1. The van der Waals surface area contributed by atoms with Crippen LogP contribution in [0.4, 0.5) is 27.8 Å². The van der Waals surface area contributed by atoms with E-state index < -0.39 is 40.6 Å². The summed E-state index contributed by atoms with van der Waals surface area (Å²) >= 11 is 0. The number of halogens is 5. The van der Waals surface area contributed by atoms with Crippen LogP contribution in [-0.2, 0) is 0 Å². The number of hydrogen-bond donors (Lipinski definition) is 2. The molecule has 0 unspecified atom stereocenters. The average Bonchev–Trinajstić information content (AvgIpc) is 3.09. The summed E-state index contributed by atoms with van der Waals surface area (Å²) in [5.41, 5.74) is 6.12. The Morgan fingerprint density at radius 3 is 2.29 bits per heavy atom. The van der Waals surface area contributed by atoms with Crippen molar-refractivity contribution in [2.45, 2.75) is 0 Å². The molecule has 2 aromatic carbocycles. The molecule has 142 valence electrons. The lowest BCUT2D eigenvalue weighted by Gasteiger charge is -2.10. The first-order valence-electron chi connectivity index (χ1n) is 7.62. The molecule has 0 saturated carbocycles. The van der Waals surface area contributed by atoms with Gasteiger partial charge in [-0.2, -0.15) is 13.9 Å². The molecule has 0 amide bonds. The molecule has 0 atom stereocenters. The van der Waals surface area contributed by atoms with Crippen molar-refractivity contribution in [3.05, 3.63) is 59.7 Å². The predicted octanol–water partition coefficient (Wildman–Crippen LogP) is 4.09. The minimum Gasteiger partial charge on any atom is -0.451 e. The molecular formula is C17H8F5N5O. The molecule has 0 saturated heterocycles. The second-order valence-electron chi connectivity index (χ2n) is 5.60. The Bertz CT molecular complexity index is 1200. The van der Waals surface area contributed by atoms with Gasteiger partial charge in [-0.25, -0.2) is 23.1 Å². The smallest absolute Gasteiger partial charge is 0.204 e. The highest BCUT2D eigenvalue weighted by Crippen LogP contribution is 2.35. The molecule has 3 N–H and O–H groups in total. The van der Waals surface area contributed by atoms with Gasteiger partial charge in [-0.1, -0.05) is 0 Å². The van der Waals surface area contributed by atoms with E-state index in [9.17, 15) is 22.0 Å². The van der Waals surface area contributed by atoms with Gasteiger partial charge in [-0.15, -0.1) is 0 Å². The number of hydrogen-bond acceptors (Lipinski definition) is 5. The van der Waals surface area contributed by atoms with Gasteiger partial charge >= 0.3 is 0 Å². The van der Waals surface area contributed by atoms with E-state index in [0.717, 1.165) is 12.1 Å². The van der Waals surface area contributed by atoms with Gasteiger partial charge in [0, 0.05) is 17.7 Å². The lowest BCUT2D eigenvalue weighted by Crippen LogP contribution is -2.00. The molecule has 0 bridgehead atoms. The maximum atomic E-state index is 14.6. The van der Waals surface area contributed by atoms with Gasteiger partial charge < -0.3 is 10.5 Å². The predicted molar refractivity (Wildman–Crippen MR) is 87.8 cm³/mol. The van der Waals surface area contributed by atoms with Gasteiger partial charge in [0.25, 0.3) is 0 Å². The maximum Gasteiger partial charge on any atom is 0.204 e. The monoisotopic (exact) mass is 393 g/mol. The highest BCUT2D eigenvalue weighted by Gasteiger charge is 2.22. The number of aromatic nitrogens is 4. The number of H-pyrrole nitrogens is 1. The second kappa shape index (κ2) is 6.44. The lowest BCUT2D eigenvalue weighted by atomic mass is 10.1. The average molecular weight is 393 g/mol. The Labute approximate surface area is 152 Å². The molecule has 4 aromatic rings. The molecule has 0 aliphatic rings. The van der Waals surface area contributed by atoms with E-state index in [-0.39, 0.29) is 34.2 Å². The van der Waals surface area contributed by atoms with Gasteiger partial charge in [0.15, 0.2) is 17.3 Å². The summed E-state index contributed by atoms with van der Waals surface area (Å²) in [5, 5.41) is 6.80. The molecule has 0 spiro atoms. The number of ether oxygens (including phenoxy) is 1. The number of nitrogens with zero attached hydrogens (tertiary/aromatic N) is 3. The lowest BCUT2D eigenvalue weighted by molar-refractivity contribution is 0.365. The minimum absolute atomic E-state index is 0.0357. The van der Waals surface area contributed by atoms with Crippen molar-refractivity contribution in [1.29, 1.82) is 0 Å². The van der Waals surface area contributed by atoms with Crippen LogP contribution in [0.1, 0.15) is 0 Å². The van der Waals surface area contributed by atoms with Crippen molar-refractivity contribution in [2.24, 2.45) is 0 Å². The molecule has 0 aliphatic heterocycles. The molecule has 2 heterocycles. The first-order chi connectivity index (χ1) is 13.4. The first kappa shape index (κ1) is 17.6. The largest absolute Gasteiger partial charge is 0.451 e. The van der Waals surface area contributed by atoms with Crippen LogP contribution in [0.2, 0.25) is 0 Å². The fourth-order valence-electron chi connectivity index (χ4n) is 2.59. The number of nitrogens with one attached hydrogen (secondary N) is 1. The van der Waals surface area contributed by atoms with E-state index in [1.54, 1.807) is 0 Å². The van der Waals surface area contributed by atoms with E-state index in [4.69, 9.17) is 10.5 Å². The zero-order valence-corrected chi connectivity index (χ0v) is 13.6. The van der Waals surface area contributed by atoms with Gasteiger partial charge in [-0.3, -0.25) is 5.10 Å². The topological polar surface area (TPSA) is 89.7 Å². The Balaban J connectivity index is 1.75. The van der Waals surface area contributed by atoms with E-state index >= 15 is 0 Å². The fraction of sp³-hybridized carbons (Fsp3) is 0. The minimum atomic E-state index is -1.74. The molecule has 0 fully saturated rings. The SMILES string of the molecule is Nc1ncnc2[nH]nc(-c3ccc(Oc4c(F)c(F)cc(F)c4F)cc3F)c12. The van der Waals surface area contributed by atoms with Crippen molar-refractivity contribution in [3.8, 4) is 22.8 Å². The number of nitrogens with two attached hydrogens (primary N) is 1. The summed E-state index contributed by atoms with van der Waals surface area (Å²) in [6.45, 7) is 0. The molecule has 0 aliphatic carbocycles. The number of benzene rings is 2. The third kappa shape index (κ3) is 2.76. The number of fused-ring (bicyclic) bond motifs is 1. The zero-order chi connectivity index (χ0) is 20.0. The summed E-state index contributed by atoms with van der Waals surface area (Å²) in [5.74, 6) is -9.34. The van der Waals surface area contributed by atoms with Crippen molar-refractivity contribution < 1.29 is 26.7 Å². The van der Waals surface area contributed by atoms with Crippen LogP contribution in [0.5, 0.6) is 11.5 Å². The normalized spacial score (nSPS) is 11.2. The van der Waals surface area contributed by atoms with Crippen molar-refractivity contribution in [1.82, 2.24) is 20.2 Å². The molecule has 0 radical (unpaired) electrons. The summed E-state index contributed by atoms with van der Waals surface area (Å²) in [6.07, 6.45) is 1.20. The van der Waals surface area contributed by atoms with E-state index in [1.165, 1.54) is 12.4 Å². The number of aromatic amines is 1. The molecule has 4 rings (SSSR count). The summed E-state index contributed by atoms with van der Waals surface area (Å²) in [4.78, 5) is 7.73. The Morgan fingerprint density at radius 2 is 1.61 bits per heavy atom. The van der Waals surface area contributed by atoms with Gasteiger partial charge in [0.2, 0.25) is 17.4 Å². The molecule has 11 heteroatoms.